The first-order valence-corrected chi connectivity index (χ1v) is 14.4. The Morgan fingerprint density at radius 1 is 0.769 bits per heavy atom. The fraction of sp³-hybridized carbons (Fsp3) is 0.394. The van der Waals surface area contributed by atoms with Gasteiger partial charge in [-0.1, -0.05) is 79.9 Å². The van der Waals surface area contributed by atoms with Crippen molar-refractivity contribution >= 4 is 16.7 Å². The van der Waals surface area contributed by atoms with Crippen LogP contribution in [0.2, 0.25) is 0 Å². The largest absolute Gasteiger partial charge is 0.493 e. The van der Waals surface area contributed by atoms with E-state index in [4.69, 9.17) is 19.4 Å². The number of quaternary nitrogens is 1. The van der Waals surface area contributed by atoms with Gasteiger partial charge >= 0.3 is 0 Å². The molecule has 2 fully saturated rings. The molecule has 4 aromatic rings. The van der Waals surface area contributed by atoms with Crippen molar-refractivity contribution < 1.29 is 14.4 Å². The molecule has 1 aliphatic carbocycles. The van der Waals surface area contributed by atoms with E-state index < -0.39 is 0 Å². The van der Waals surface area contributed by atoms with E-state index in [-0.39, 0.29) is 0 Å². The van der Waals surface area contributed by atoms with Crippen molar-refractivity contribution in [3.05, 3.63) is 89.7 Å². The maximum Gasteiger partial charge on any atom is 0.162 e. The number of fused-ring (bicyclic) bond motifs is 1. The molecule has 0 bridgehead atoms. The van der Waals surface area contributed by atoms with Crippen molar-refractivity contribution in [2.24, 2.45) is 0 Å². The van der Waals surface area contributed by atoms with Crippen molar-refractivity contribution in [2.45, 2.75) is 44.1 Å². The van der Waals surface area contributed by atoms with Crippen LogP contribution >= 0.6 is 0 Å². The fourth-order valence-electron chi connectivity index (χ4n) is 6.49. The van der Waals surface area contributed by atoms with Gasteiger partial charge in [-0.05, 0) is 18.9 Å². The number of nitrogens with one attached hydrogen (secondary N) is 1. The van der Waals surface area contributed by atoms with Gasteiger partial charge in [0.1, 0.15) is 17.7 Å². The summed E-state index contributed by atoms with van der Waals surface area (Å²) in [6, 6.07) is 26.3. The summed E-state index contributed by atoms with van der Waals surface area (Å²) in [7, 11) is 3.38. The molecule has 1 aliphatic heterocycles. The lowest BCUT2D eigenvalue weighted by Crippen LogP contribution is -3.15. The second-order valence-corrected chi connectivity index (χ2v) is 10.9. The normalized spacial score (nSPS) is 17.1. The molecule has 1 saturated carbocycles. The highest BCUT2D eigenvalue weighted by atomic mass is 16.5. The molecular weight excluding hydrogens is 484 g/mol. The second-order valence-electron chi connectivity index (χ2n) is 10.9. The third-order valence-corrected chi connectivity index (χ3v) is 8.55. The van der Waals surface area contributed by atoms with Gasteiger partial charge in [-0.2, -0.15) is 0 Å². The zero-order valence-electron chi connectivity index (χ0n) is 23.1. The Labute approximate surface area is 231 Å². The van der Waals surface area contributed by atoms with E-state index in [2.05, 4.69) is 71.6 Å². The van der Waals surface area contributed by atoms with Crippen molar-refractivity contribution in [3.8, 4) is 11.5 Å². The molecule has 1 saturated heterocycles. The number of piperazine rings is 1. The lowest BCUT2D eigenvalue weighted by atomic mass is 9.88. The highest BCUT2D eigenvalue weighted by molar-refractivity contribution is 5.92. The number of aromatic nitrogens is 2. The Morgan fingerprint density at radius 2 is 1.36 bits per heavy atom. The first-order valence-electron chi connectivity index (χ1n) is 14.4. The quantitative estimate of drug-likeness (QED) is 0.361. The van der Waals surface area contributed by atoms with E-state index in [0.29, 0.717) is 17.7 Å². The smallest absolute Gasteiger partial charge is 0.162 e. The Bertz CT molecular complexity index is 1340. The summed E-state index contributed by atoms with van der Waals surface area (Å²) in [5.41, 5.74) is 3.69. The molecule has 0 radical (unpaired) electrons. The van der Waals surface area contributed by atoms with E-state index in [1.807, 2.05) is 6.07 Å². The van der Waals surface area contributed by atoms with Gasteiger partial charge in [-0.25, -0.2) is 9.97 Å². The molecule has 0 unspecified atom stereocenters. The number of benzene rings is 3. The van der Waals surface area contributed by atoms with Gasteiger partial charge in [0.15, 0.2) is 11.5 Å². The first kappa shape index (κ1) is 25.6. The number of ether oxygens (including phenoxy) is 2. The lowest BCUT2D eigenvalue weighted by molar-refractivity contribution is -0.926. The van der Waals surface area contributed by atoms with E-state index >= 15 is 0 Å². The van der Waals surface area contributed by atoms with Crippen LogP contribution in [0.4, 0.5) is 5.82 Å². The number of anilines is 1. The topological polar surface area (TPSA) is 51.9 Å². The molecule has 0 amide bonds. The van der Waals surface area contributed by atoms with Crippen molar-refractivity contribution in [1.82, 2.24) is 9.97 Å². The highest BCUT2D eigenvalue weighted by Crippen LogP contribution is 2.38. The molecular formula is C33H39N4O2+. The summed E-state index contributed by atoms with van der Waals surface area (Å²) in [6.45, 7) is 3.95. The van der Waals surface area contributed by atoms with Crippen LogP contribution in [0.1, 0.15) is 61.0 Å². The Hall–Kier alpha value is -3.64. The molecule has 0 atom stereocenters. The minimum absolute atomic E-state index is 0.318. The number of nitrogens with zero attached hydrogens (tertiary/aromatic N) is 3. The van der Waals surface area contributed by atoms with Crippen molar-refractivity contribution in [2.75, 3.05) is 45.3 Å². The third-order valence-electron chi connectivity index (χ3n) is 8.55. The molecule has 6 heteroatoms. The van der Waals surface area contributed by atoms with Crippen LogP contribution in [0, 0.1) is 0 Å². The summed E-state index contributed by atoms with van der Waals surface area (Å²) < 4.78 is 11.3. The fourth-order valence-corrected chi connectivity index (χ4v) is 6.49. The summed E-state index contributed by atoms with van der Waals surface area (Å²) in [4.78, 5) is 14.4. The van der Waals surface area contributed by atoms with Gasteiger partial charge in [0.2, 0.25) is 0 Å². The van der Waals surface area contributed by atoms with Gasteiger partial charge < -0.3 is 19.3 Å². The van der Waals surface area contributed by atoms with Gasteiger partial charge in [-0.15, -0.1) is 0 Å². The molecule has 2 heterocycles. The molecule has 1 N–H and O–H groups in total. The standard InChI is InChI=1S/C33H38N4O2/c1-38-29-22-27-28(23-30(29)39-2)34-32(26-16-10-5-11-17-26)35-33(27)37-20-18-36(19-21-37)31(24-12-6-3-7-13-24)25-14-8-4-9-15-25/h3-4,6-9,12-15,22-23,26,31H,5,10-11,16-21H2,1-2H3/p+1. The maximum absolute atomic E-state index is 5.68. The maximum atomic E-state index is 5.68. The third kappa shape index (κ3) is 5.30. The molecule has 1 aromatic heterocycles. The van der Waals surface area contributed by atoms with Crippen molar-refractivity contribution in [1.29, 1.82) is 0 Å². The number of methoxy groups -OCH3 is 2. The summed E-state index contributed by atoms with van der Waals surface area (Å²) in [5, 5.41) is 1.04. The predicted molar refractivity (Wildman–Crippen MR) is 156 cm³/mol. The van der Waals surface area contributed by atoms with Gasteiger partial charge in [0.05, 0.1) is 45.9 Å². The molecule has 2 aliphatic rings. The van der Waals surface area contributed by atoms with Crippen LogP contribution in [0.25, 0.3) is 10.9 Å². The summed E-state index contributed by atoms with van der Waals surface area (Å²) in [6.07, 6.45) is 6.18. The monoisotopic (exact) mass is 523 g/mol. The van der Waals surface area contributed by atoms with E-state index in [1.54, 1.807) is 19.1 Å². The Balaban J connectivity index is 1.33. The van der Waals surface area contributed by atoms with E-state index in [1.165, 1.54) is 43.2 Å². The number of hydrogen-bond donors (Lipinski definition) is 1. The minimum Gasteiger partial charge on any atom is -0.493 e. The Kier molecular flexibility index (Phi) is 7.64. The van der Waals surface area contributed by atoms with Crippen molar-refractivity contribution in [3.63, 3.8) is 0 Å². The summed E-state index contributed by atoms with van der Waals surface area (Å²) >= 11 is 0. The zero-order valence-corrected chi connectivity index (χ0v) is 23.1. The molecule has 3 aromatic carbocycles. The van der Waals surface area contributed by atoms with Gasteiger partial charge in [-0.3, -0.25) is 0 Å². The molecule has 0 spiro atoms. The van der Waals surface area contributed by atoms with Crippen LogP contribution in [-0.2, 0) is 0 Å². The second kappa shape index (κ2) is 11.6. The van der Waals surface area contributed by atoms with E-state index in [0.717, 1.165) is 54.5 Å². The average molecular weight is 524 g/mol. The van der Waals surface area contributed by atoms with E-state index in [9.17, 15) is 0 Å². The lowest BCUT2D eigenvalue weighted by Gasteiger charge is -2.38. The van der Waals surface area contributed by atoms with Crippen LogP contribution < -0.4 is 19.3 Å². The zero-order chi connectivity index (χ0) is 26.6. The molecule has 39 heavy (non-hydrogen) atoms. The van der Waals surface area contributed by atoms with Crippen LogP contribution in [-0.4, -0.2) is 50.4 Å². The molecule has 6 rings (SSSR count). The Morgan fingerprint density at radius 3 is 1.95 bits per heavy atom. The van der Waals surface area contributed by atoms with Gasteiger partial charge in [0.25, 0.3) is 0 Å². The average Bonchev–Trinajstić information content (AvgIpc) is 3.02. The van der Waals surface area contributed by atoms with Gasteiger partial charge in [0, 0.05) is 28.5 Å². The summed E-state index contributed by atoms with van der Waals surface area (Å²) in [5.74, 6) is 3.90. The minimum atomic E-state index is 0.318. The molecule has 202 valence electrons. The van der Waals surface area contributed by atoms with Crippen LogP contribution in [0.15, 0.2) is 72.8 Å². The van der Waals surface area contributed by atoms with Crippen LogP contribution in [0.3, 0.4) is 0 Å². The number of hydrogen-bond acceptors (Lipinski definition) is 5. The SMILES string of the molecule is COc1cc2nc(C3CCCCC3)nc(N3CC[NH+](C(c4ccccc4)c4ccccc4)CC3)c2cc1OC. The first-order chi connectivity index (χ1) is 19.2. The van der Waals surface area contributed by atoms with Crippen LogP contribution in [0.5, 0.6) is 11.5 Å². The molecule has 6 nitrogen and oxygen atoms in total. The number of rotatable bonds is 7. The predicted octanol–water partition coefficient (Wildman–Crippen LogP) is 5.19. The highest BCUT2D eigenvalue weighted by Gasteiger charge is 2.32.